The van der Waals surface area contributed by atoms with Crippen LogP contribution >= 0.6 is 0 Å². The number of hydrogen-bond donors (Lipinski definition) is 1. The normalized spacial score (nSPS) is 16.4. The first-order chi connectivity index (χ1) is 16.5. The van der Waals surface area contributed by atoms with Gasteiger partial charge in [0.2, 0.25) is 11.8 Å². The Labute approximate surface area is 198 Å². The van der Waals surface area contributed by atoms with Crippen LogP contribution in [0.4, 0.5) is 5.69 Å². The Hall–Kier alpha value is -3.81. The lowest BCUT2D eigenvalue weighted by molar-refractivity contribution is -0.140. The molecule has 3 heterocycles. The van der Waals surface area contributed by atoms with Gasteiger partial charge in [0.05, 0.1) is 18.3 Å². The lowest BCUT2D eigenvalue weighted by Gasteiger charge is -2.31. The summed E-state index contributed by atoms with van der Waals surface area (Å²) < 4.78 is 5.52. The van der Waals surface area contributed by atoms with Crippen molar-refractivity contribution in [3.63, 3.8) is 0 Å². The van der Waals surface area contributed by atoms with Crippen LogP contribution in [-0.4, -0.2) is 64.4 Å². The number of benzene rings is 2. The van der Waals surface area contributed by atoms with Gasteiger partial charge in [0.1, 0.15) is 5.75 Å². The summed E-state index contributed by atoms with van der Waals surface area (Å²) in [6, 6.07) is 13.6. The van der Waals surface area contributed by atoms with E-state index in [4.69, 9.17) is 4.42 Å². The summed E-state index contributed by atoms with van der Waals surface area (Å²) in [7, 11) is 0. The summed E-state index contributed by atoms with van der Waals surface area (Å²) in [6.07, 6.45) is 2.75. The summed E-state index contributed by atoms with van der Waals surface area (Å²) >= 11 is 0. The number of amides is 2. The predicted molar refractivity (Wildman–Crippen MR) is 127 cm³/mol. The van der Waals surface area contributed by atoms with E-state index in [1.807, 2.05) is 23.1 Å². The van der Waals surface area contributed by atoms with Crippen molar-refractivity contribution in [3.05, 3.63) is 65.7 Å². The van der Waals surface area contributed by atoms with Crippen molar-refractivity contribution in [1.29, 1.82) is 0 Å². The van der Waals surface area contributed by atoms with Crippen LogP contribution in [-0.2, 0) is 22.6 Å². The van der Waals surface area contributed by atoms with Gasteiger partial charge in [-0.2, -0.15) is 0 Å². The number of phenols is 1. The van der Waals surface area contributed by atoms with Crippen LogP contribution in [0.15, 0.2) is 53.1 Å². The molecule has 0 bridgehead atoms. The van der Waals surface area contributed by atoms with E-state index in [9.17, 15) is 14.7 Å². The van der Waals surface area contributed by atoms with E-state index < -0.39 is 0 Å². The molecule has 2 amide bonds. The van der Waals surface area contributed by atoms with Crippen LogP contribution in [0.1, 0.15) is 23.4 Å². The highest BCUT2D eigenvalue weighted by molar-refractivity contribution is 5.85. The molecule has 0 aliphatic carbocycles. The number of phenolic OH excluding ortho intramolecular Hbond substituents is 1. The second kappa shape index (κ2) is 9.21. The van der Waals surface area contributed by atoms with Gasteiger partial charge in [0.25, 0.3) is 0 Å². The number of nitrogens with zero attached hydrogens (tertiary/aromatic N) is 4. The molecule has 2 aliphatic rings. The zero-order valence-electron chi connectivity index (χ0n) is 19.2. The number of hydrogen-bond acceptors (Lipinski definition) is 6. The van der Waals surface area contributed by atoms with Gasteiger partial charge in [-0.25, -0.2) is 4.98 Å². The molecule has 2 aromatic carbocycles. The van der Waals surface area contributed by atoms with Crippen molar-refractivity contribution in [2.24, 2.45) is 0 Å². The molecule has 1 N–H and O–H groups in total. The molecule has 34 heavy (non-hydrogen) atoms. The second-order valence-electron chi connectivity index (χ2n) is 8.83. The summed E-state index contributed by atoms with van der Waals surface area (Å²) in [6.45, 7) is 4.70. The molecule has 0 radical (unpaired) electrons. The van der Waals surface area contributed by atoms with Crippen molar-refractivity contribution >= 4 is 17.5 Å². The molecule has 176 valence electrons. The monoisotopic (exact) mass is 460 g/mol. The molecule has 0 atom stereocenters. The maximum absolute atomic E-state index is 13.0. The average molecular weight is 461 g/mol. The highest BCUT2D eigenvalue weighted by Crippen LogP contribution is 2.33. The van der Waals surface area contributed by atoms with Crippen LogP contribution in [0.3, 0.4) is 0 Å². The number of rotatable bonds is 4. The van der Waals surface area contributed by atoms with Crippen LogP contribution in [0, 0.1) is 6.92 Å². The van der Waals surface area contributed by atoms with Gasteiger partial charge in [-0.05, 0) is 29.7 Å². The quantitative estimate of drug-likeness (QED) is 0.644. The van der Waals surface area contributed by atoms with Gasteiger partial charge in [-0.1, -0.05) is 24.3 Å². The average Bonchev–Trinajstić information content (AvgIpc) is 3.19. The van der Waals surface area contributed by atoms with E-state index in [0.717, 1.165) is 12.1 Å². The Balaban J connectivity index is 1.23. The van der Waals surface area contributed by atoms with Crippen molar-refractivity contribution in [2.75, 3.05) is 37.6 Å². The fraction of sp³-hybridized carbons (Fsp3) is 0.346. The number of carbonyl (C=O) groups excluding carboxylic acids is 2. The molecule has 2 aliphatic heterocycles. The standard InChI is InChI=1S/C26H28N4O4/c1-18-27-15-24(34-18)22-7-6-21(14-23(22)31)28-11-9-25(32)30(13-12-28)17-26(33)29-10-8-19-4-2-3-5-20(19)16-29/h2-7,14-15,31H,8-13,16-17H2,1H3. The lowest BCUT2D eigenvalue weighted by Crippen LogP contribution is -2.45. The Morgan fingerprint density at radius 2 is 1.88 bits per heavy atom. The molecule has 0 unspecified atom stereocenters. The van der Waals surface area contributed by atoms with Crippen molar-refractivity contribution in [1.82, 2.24) is 14.8 Å². The van der Waals surface area contributed by atoms with Gasteiger partial charge in [-0.15, -0.1) is 0 Å². The topological polar surface area (TPSA) is 90.1 Å². The number of carbonyl (C=O) groups is 2. The molecule has 5 rings (SSSR count). The second-order valence-corrected chi connectivity index (χ2v) is 8.83. The maximum atomic E-state index is 13.0. The number of anilines is 1. The third-order valence-electron chi connectivity index (χ3n) is 6.63. The molecule has 0 saturated carbocycles. The summed E-state index contributed by atoms with van der Waals surface area (Å²) in [4.78, 5) is 35.4. The largest absolute Gasteiger partial charge is 0.507 e. The number of aromatic nitrogens is 1. The van der Waals surface area contributed by atoms with E-state index in [-0.39, 0.29) is 24.1 Å². The predicted octanol–water partition coefficient (Wildman–Crippen LogP) is 2.98. The highest BCUT2D eigenvalue weighted by atomic mass is 16.4. The molecular weight excluding hydrogens is 432 g/mol. The zero-order chi connectivity index (χ0) is 23.7. The Bertz CT molecular complexity index is 1220. The van der Waals surface area contributed by atoms with E-state index in [2.05, 4.69) is 22.0 Å². The summed E-state index contributed by atoms with van der Waals surface area (Å²) in [5, 5.41) is 10.5. The number of fused-ring (bicyclic) bond motifs is 1. The maximum Gasteiger partial charge on any atom is 0.242 e. The molecular formula is C26H28N4O4. The zero-order valence-corrected chi connectivity index (χ0v) is 19.2. The molecule has 3 aromatic rings. The van der Waals surface area contributed by atoms with Crippen LogP contribution in [0.5, 0.6) is 5.75 Å². The minimum absolute atomic E-state index is 0.0133. The Kier molecular flexibility index (Phi) is 5.96. The minimum Gasteiger partial charge on any atom is -0.507 e. The molecule has 8 nitrogen and oxygen atoms in total. The minimum atomic E-state index is -0.0220. The fourth-order valence-corrected chi connectivity index (χ4v) is 4.67. The van der Waals surface area contributed by atoms with Crippen LogP contribution < -0.4 is 4.90 Å². The van der Waals surface area contributed by atoms with Gasteiger partial charge >= 0.3 is 0 Å². The smallest absolute Gasteiger partial charge is 0.242 e. The molecule has 0 spiro atoms. The highest BCUT2D eigenvalue weighted by Gasteiger charge is 2.27. The van der Waals surface area contributed by atoms with Crippen molar-refractivity contribution in [2.45, 2.75) is 26.3 Å². The van der Waals surface area contributed by atoms with Crippen LogP contribution in [0.2, 0.25) is 0 Å². The van der Waals surface area contributed by atoms with Gasteiger partial charge < -0.3 is 24.2 Å². The first-order valence-electron chi connectivity index (χ1n) is 11.6. The Morgan fingerprint density at radius 3 is 2.65 bits per heavy atom. The Morgan fingerprint density at radius 1 is 1.06 bits per heavy atom. The van der Waals surface area contributed by atoms with Crippen LogP contribution in [0.25, 0.3) is 11.3 Å². The number of aryl methyl sites for hydroxylation is 1. The van der Waals surface area contributed by atoms with Gasteiger partial charge in [-0.3, -0.25) is 9.59 Å². The third kappa shape index (κ3) is 4.48. The van der Waals surface area contributed by atoms with Crippen molar-refractivity contribution < 1.29 is 19.1 Å². The van der Waals surface area contributed by atoms with E-state index in [1.165, 1.54) is 11.1 Å². The SMILES string of the molecule is Cc1ncc(-c2ccc(N3CCC(=O)N(CC(=O)N4CCc5ccccc5C4)CC3)cc2O)o1. The molecule has 1 fully saturated rings. The third-order valence-corrected chi connectivity index (χ3v) is 6.63. The first-order valence-corrected chi connectivity index (χ1v) is 11.6. The summed E-state index contributed by atoms with van der Waals surface area (Å²) in [5.41, 5.74) is 3.87. The van der Waals surface area contributed by atoms with E-state index in [1.54, 1.807) is 30.2 Å². The number of aromatic hydroxyl groups is 1. The van der Waals surface area contributed by atoms with Crippen molar-refractivity contribution in [3.8, 4) is 17.1 Å². The van der Waals surface area contributed by atoms with Gasteiger partial charge in [0, 0.05) is 57.8 Å². The van der Waals surface area contributed by atoms with E-state index >= 15 is 0 Å². The summed E-state index contributed by atoms with van der Waals surface area (Å²) in [5.74, 6) is 1.11. The van der Waals surface area contributed by atoms with E-state index in [0.29, 0.717) is 56.4 Å². The fourth-order valence-electron chi connectivity index (χ4n) is 4.67. The first kappa shape index (κ1) is 22.0. The van der Waals surface area contributed by atoms with Gasteiger partial charge in [0.15, 0.2) is 11.7 Å². The number of oxazole rings is 1. The molecule has 1 saturated heterocycles. The molecule has 1 aromatic heterocycles. The molecule has 8 heteroatoms. The lowest BCUT2D eigenvalue weighted by atomic mass is 10.00.